The van der Waals surface area contributed by atoms with Crippen LogP contribution in [-0.4, -0.2) is 41.5 Å². The molecule has 4 heterocycles. The van der Waals surface area contributed by atoms with Gasteiger partial charge in [0.25, 0.3) is 0 Å². The highest BCUT2D eigenvalue weighted by Crippen LogP contribution is 2.46. The summed E-state index contributed by atoms with van der Waals surface area (Å²) in [6.45, 7) is 5.54. The molecule has 0 saturated carbocycles. The summed E-state index contributed by atoms with van der Waals surface area (Å²) in [4.78, 5) is 14.3. The molecule has 2 fully saturated rings. The molecule has 0 radical (unpaired) electrons. The second-order valence-electron chi connectivity index (χ2n) is 7.77. The number of hydrogen-bond acceptors (Lipinski definition) is 4. The van der Waals surface area contributed by atoms with E-state index in [9.17, 15) is 0 Å². The number of aryl methyl sites for hydroxylation is 1. The van der Waals surface area contributed by atoms with Gasteiger partial charge in [0.2, 0.25) is 0 Å². The molecule has 28 heavy (non-hydrogen) atoms. The van der Waals surface area contributed by atoms with Crippen LogP contribution < -0.4 is 4.90 Å². The lowest BCUT2D eigenvalue weighted by atomic mass is 9.88. The van der Waals surface area contributed by atoms with Crippen LogP contribution in [0.4, 0.5) is 5.82 Å². The number of halogens is 2. The van der Waals surface area contributed by atoms with Crippen LogP contribution in [0, 0.1) is 18.8 Å². The van der Waals surface area contributed by atoms with Gasteiger partial charge in [0, 0.05) is 49.4 Å². The lowest BCUT2D eigenvalue weighted by Gasteiger charge is -2.28. The van der Waals surface area contributed by atoms with E-state index in [1.165, 1.54) is 11.1 Å². The third-order valence-corrected chi connectivity index (χ3v) is 6.21. The Morgan fingerprint density at radius 2 is 1.71 bits per heavy atom. The first-order valence-electron chi connectivity index (χ1n) is 9.43. The average molecular weight is 417 g/mol. The average Bonchev–Trinajstić information content (AvgIpc) is 3.18. The first kappa shape index (κ1) is 20.8. The molecule has 3 aromatic rings. The summed E-state index contributed by atoms with van der Waals surface area (Å²) >= 11 is 0. The molecule has 0 bridgehead atoms. The zero-order chi connectivity index (χ0) is 17.7. The number of nitrogens with zero attached hydrogens (tertiary/aromatic N) is 4. The van der Waals surface area contributed by atoms with Crippen LogP contribution in [0.3, 0.4) is 0 Å². The third kappa shape index (κ3) is 3.34. The third-order valence-electron chi connectivity index (χ3n) is 6.21. The van der Waals surface area contributed by atoms with Crippen molar-refractivity contribution in [2.75, 3.05) is 31.6 Å². The van der Waals surface area contributed by atoms with E-state index in [-0.39, 0.29) is 24.8 Å². The van der Waals surface area contributed by atoms with Crippen molar-refractivity contribution in [3.8, 4) is 0 Å². The zero-order valence-corrected chi connectivity index (χ0v) is 17.8. The fourth-order valence-corrected chi connectivity index (χ4v) is 5.06. The highest BCUT2D eigenvalue weighted by Gasteiger charge is 2.46. The van der Waals surface area contributed by atoms with Gasteiger partial charge in [0.05, 0.1) is 5.52 Å². The molecule has 2 saturated heterocycles. The minimum Gasteiger partial charge on any atom is -0.355 e. The van der Waals surface area contributed by atoms with Crippen molar-refractivity contribution in [2.24, 2.45) is 11.8 Å². The molecule has 1 aromatic carbocycles. The number of anilines is 1. The summed E-state index contributed by atoms with van der Waals surface area (Å²) in [6, 6.07) is 15.5. The normalized spacial score (nSPS) is 23.9. The van der Waals surface area contributed by atoms with Crippen molar-refractivity contribution in [1.82, 2.24) is 14.9 Å². The van der Waals surface area contributed by atoms with E-state index in [0.29, 0.717) is 17.9 Å². The van der Waals surface area contributed by atoms with Gasteiger partial charge in [-0.25, -0.2) is 4.98 Å². The van der Waals surface area contributed by atoms with Crippen molar-refractivity contribution in [3.63, 3.8) is 0 Å². The number of rotatable bonds is 2. The molecular formula is C22H26Cl2N4. The molecular weight excluding hydrogens is 391 g/mol. The van der Waals surface area contributed by atoms with Crippen LogP contribution in [0.25, 0.3) is 10.9 Å². The molecule has 6 heteroatoms. The Kier molecular flexibility index (Phi) is 6.13. The predicted octanol–water partition coefficient (Wildman–Crippen LogP) is 4.52. The summed E-state index contributed by atoms with van der Waals surface area (Å²) < 4.78 is 0. The van der Waals surface area contributed by atoms with Crippen molar-refractivity contribution in [1.29, 1.82) is 0 Å². The smallest absolute Gasteiger partial charge is 0.138 e. The van der Waals surface area contributed by atoms with E-state index in [1.54, 1.807) is 0 Å². The number of fused-ring (bicyclic) bond motifs is 2. The van der Waals surface area contributed by atoms with Crippen LogP contribution in [0.5, 0.6) is 0 Å². The fraction of sp³-hybridized carbons (Fsp3) is 0.364. The molecule has 2 aliphatic rings. The Morgan fingerprint density at radius 1 is 0.893 bits per heavy atom. The maximum atomic E-state index is 4.72. The maximum absolute atomic E-state index is 4.72. The quantitative estimate of drug-likeness (QED) is 0.614. The lowest BCUT2D eigenvalue weighted by molar-refractivity contribution is 0.279. The molecule has 2 aliphatic heterocycles. The minimum atomic E-state index is 0. The molecule has 0 spiro atoms. The number of hydrogen-bond donors (Lipinski definition) is 0. The molecule has 0 amide bonds. The predicted molar refractivity (Wildman–Crippen MR) is 120 cm³/mol. The Balaban J connectivity index is 0.00000112. The topological polar surface area (TPSA) is 32.3 Å². The van der Waals surface area contributed by atoms with E-state index < -0.39 is 0 Å². The molecule has 0 aliphatic carbocycles. The molecule has 0 N–H and O–H groups in total. The van der Waals surface area contributed by atoms with E-state index in [0.717, 1.165) is 36.4 Å². The van der Waals surface area contributed by atoms with Gasteiger partial charge >= 0.3 is 0 Å². The fourth-order valence-electron chi connectivity index (χ4n) is 5.06. The Bertz CT molecular complexity index is 959. The van der Waals surface area contributed by atoms with Gasteiger partial charge in [-0.3, -0.25) is 9.88 Å². The van der Waals surface area contributed by atoms with E-state index in [4.69, 9.17) is 4.98 Å². The van der Waals surface area contributed by atoms with Crippen molar-refractivity contribution in [2.45, 2.75) is 13.0 Å². The highest BCUT2D eigenvalue weighted by atomic mass is 35.5. The van der Waals surface area contributed by atoms with Gasteiger partial charge in [-0.15, -0.1) is 24.8 Å². The number of aromatic nitrogens is 2. The molecule has 3 atom stereocenters. The van der Waals surface area contributed by atoms with Crippen LogP contribution >= 0.6 is 24.8 Å². The second-order valence-corrected chi connectivity index (χ2v) is 7.77. The Labute approximate surface area is 178 Å². The van der Waals surface area contributed by atoms with Gasteiger partial charge in [0.15, 0.2) is 0 Å². The molecule has 2 aromatic heterocycles. The van der Waals surface area contributed by atoms with E-state index in [1.807, 2.05) is 24.5 Å². The first-order chi connectivity index (χ1) is 12.7. The monoisotopic (exact) mass is 416 g/mol. The minimum absolute atomic E-state index is 0. The summed E-state index contributed by atoms with van der Waals surface area (Å²) in [5.41, 5.74) is 3.91. The molecule has 4 nitrogen and oxygen atoms in total. The first-order valence-corrected chi connectivity index (χ1v) is 9.43. The van der Waals surface area contributed by atoms with Gasteiger partial charge in [-0.1, -0.05) is 24.3 Å². The van der Waals surface area contributed by atoms with Crippen LogP contribution in [0.2, 0.25) is 0 Å². The van der Waals surface area contributed by atoms with Crippen LogP contribution in [0.1, 0.15) is 17.2 Å². The SMILES string of the molecule is Cc1ccccc1[C@H]1[C@@H]2CN(c3nccc4ncccc34)C[C@@H]2CN1C.Cl.Cl. The number of likely N-dealkylation sites (tertiary alicyclic amines) is 1. The largest absolute Gasteiger partial charge is 0.355 e. The van der Waals surface area contributed by atoms with Crippen LogP contribution in [-0.2, 0) is 0 Å². The van der Waals surface area contributed by atoms with Gasteiger partial charge in [-0.2, -0.15) is 0 Å². The molecule has 5 rings (SSSR count). The highest BCUT2D eigenvalue weighted by molar-refractivity contribution is 5.89. The van der Waals surface area contributed by atoms with E-state index >= 15 is 0 Å². The van der Waals surface area contributed by atoms with Crippen molar-refractivity contribution in [3.05, 3.63) is 66.0 Å². The molecule has 148 valence electrons. The second kappa shape index (κ2) is 8.24. The standard InChI is InChI=1S/C22H24N4.2ClH/c1-15-6-3-4-7-17(15)21-19-14-26(13-16(19)12-25(21)2)22-18-8-5-10-23-20(18)9-11-24-22;;/h3-11,16,19,21H,12-14H2,1-2H3;2*1H/t16-,19+,21-;;/m0../s1. The molecule has 0 unspecified atom stereocenters. The summed E-state index contributed by atoms with van der Waals surface area (Å²) in [5.74, 6) is 2.43. The summed E-state index contributed by atoms with van der Waals surface area (Å²) in [7, 11) is 2.28. The van der Waals surface area contributed by atoms with Crippen molar-refractivity contribution >= 4 is 41.5 Å². The zero-order valence-electron chi connectivity index (χ0n) is 16.2. The van der Waals surface area contributed by atoms with E-state index in [2.05, 4.69) is 59.1 Å². The van der Waals surface area contributed by atoms with Crippen molar-refractivity contribution < 1.29 is 0 Å². The maximum Gasteiger partial charge on any atom is 0.138 e. The number of pyridine rings is 2. The van der Waals surface area contributed by atoms with Gasteiger partial charge in [0.1, 0.15) is 5.82 Å². The number of benzene rings is 1. The van der Waals surface area contributed by atoms with Crippen LogP contribution in [0.15, 0.2) is 54.9 Å². The van der Waals surface area contributed by atoms with Gasteiger partial charge < -0.3 is 4.90 Å². The Morgan fingerprint density at radius 3 is 2.54 bits per heavy atom. The lowest BCUT2D eigenvalue weighted by Crippen LogP contribution is -2.29. The summed E-state index contributed by atoms with van der Waals surface area (Å²) in [5, 5.41) is 1.16. The summed E-state index contributed by atoms with van der Waals surface area (Å²) in [6.07, 6.45) is 3.75. The Hall–Kier alpha value is -1.88. The van der Waals surface area contributed by atoms with Gasteiger partial charge in [-0.05, 0) is 49.2 Å².